The summed E-state index contributed by atoms with van der Waals surface area (Å²) in [5, 5.41) is 2.29. The summed E-state index contributed by atoms with van der Waals surface area (Å²) >= 11 is 0. The first kappa shape index (κ1) is 14.1. The second kappa shape index (κ2) is 6.25. The van der Waals surface area contributed by atoms with Crippen molar-refractivity contribution < 1.29 is 13.6 Å². The van der Waals surface area contributed by atoms with E-state index in [2.05, 4.69) is 5.32 Å². The molecule has 0 aliphatic heterocycles. The zero-order valence-electron chi connectivity index (χ0n) is 10.6. The van der Waals surface area contributed by atoms with Gasteiger partial charge < -0.3 is 11.1 Å². The van der Waals surface area contributed by atoms with E-state index >= 15 is 0 Å². The largest absolute Gasteiger partial charge is 0.322 e. The number of carbonyl (C=O) groups excluding carboxylic acids is 1. The SMILES string of the molecule is NC(Cc1ccccc1)C(=O)Nc1cc(F)ccc1F. The van der Waals surface area contributed by atoms with Gasteiger partial charge in [0, 0.05) is 6.07 Å². The number of amides is 1. The third kappa shape index (κ3) is 3.61. The minimum Gasteiger partial charge on any atom is -0.322 e. The van der Waals surface area contributed by atoms with E-state index in [0.717, 1.165) is 23.8 Å². The number of benzene rings is 2. The number of hydrogen-bond acceptors (Lipinski definition) is 2. The van der Waals surface area contributed by atoms with Gasteiger partial charge in [-0.1, -0.05) is 30.3 Å². The molecule has 1 amide bonds. The predicted octanol–water partition coefficient (Wildman–Crippen LogP) is 2.47. The van der Waals surface area contributed by atoms with Crippen LogP contribution in [0.15, 0.2) is 48.5 Å². The standard InChI is InChI=1S/C15H14F2N2O/c16-11-6-7-12(17)14(9-11)19-15(20)13(18)8-10-4-2-1-3-5-10/h1-7,9,13H,8,18H2,(H,19,20). The second-order valence-electron chi connectivity index (χ2n) is 4.41. The van der Waals surface area contributed by atoms with E-state index in [0.29, 0.717) is 6.42 Å². The maximum Gasteiger partial charge on any atom is 0.241 e. The number of carbonyl (C=O) groups is 1. The molecule has 2 aromatic rings. The zero-order valence-corrected chi connectivity index (χ0v) is 10.6. The molecule has 1 unspecified atom stereocenters. The highest BCUT2D eigenvalue weighted by atomic mass is 19.1. The molecule has 2 rings (SSSR count). The molecule has 0 bridgehead atoms. The molecule has 0 aliphatic carbocycles. The molecule has 0 heterocycles. The molecule has 5 heteroatoms. The second-order valence-corrected chi connectivity index (χ2v) is 4.41. The topological polar surface area (TPSA) is 55.1 Å². The van der Waals surface area contributed by atoms with Crippen molar-refractivity contribution in [1.29, 1.82) is 0 Å². The number of rotatable bonds is 4. The summed E-state index contributed by atoms with van der Waals surface area (Å²) in [5.41, 5.74) is 6.45. The summed E-state index contributed by atoms with van der Waals surface area (Å²) in [6.45, 7) is 0. The first-order valence-electron chi connectivity index (χ1n) is 6.11. The molecular formula is C15H14F2N2O. The number of anilines is 1. The average Bonchev–Trinajstić information content (AvgIpc) is 2.44. The van der Waals surface area contributed by atoms with Gasteiger partial charge in [0.25, 0.3) is 0 Å². The molecule has 0 radical (unpaired) electrons. The molecule has 104 valence electrons. The van der Waals surface area contributed by atoms with Gasteiger partial charge in [-0.05, 0) is 24.1 Å². The highest BCUT2D eigenvalue weighted by molar-refractivity contribution is 5.94. The lowest BCUT2D eigenvalue weighted by Gasteiger charge is -2.13. The third-order valence-corrected chi connectivity index (χ3v) is 2.82. The molecule has 0 saturated carbocycles. The van der Waals surface area contributed by atoms with Crippen molar-refractivity contribution in [3.63, 3.8) is 0 Å². The van der Waals surface area contributed by atoms with E-state index < -0.39 is 23.6 Å². The van der Waals surface area contributed by atoms with Crippen molar-refractivity contribution in [2.24, 2.45) is 5.73 Å². The Labute approximate surface area is 115 Å². The molecule has 0 saturated heterocycles. The highest BCUT2D eigenvalue weighted by Crippen LogP contribution is 2.15. The average molecular weight is 276 g/mol. The van der Waals surface area contributed by atoms with Gasteiger partial charge in [0.2, 0.25) is 5.91 Å². The maximum atomic E-state index is 13.4. The molecule has 20 heavy (non-hydrogen) atoms. The van der Waals surface area contributed by atoms with E-state index in [-0.39, 0.29) is 5.69 Å². The van der Waals surface area contributed by atoms with Gasteiger partial charge in [-0.2, -0.15) is 0 Å². The van der Waals surface area contributed by atoms with Crippen LogP contribution in [0.5, 0.6) is 0 Å². The Hall–Kier alpha value is -2.27. The van der Waals surface area contributed by atoms with Crippen LogP contribution in [-0.4, -0.2) is 11.9 Å². The molecule has 0 spiro atoms. The van der Waals surface area contributed by atoms with Gasteiger partial charge in [-0.25, -0.2) is 8.78 Å². The normalized spacial score (nSPS) is 11.9. The van der Waals surface area contributed by atoms with Crippen molar-refractivity contribution in [2.75, 3.05) is 5.32 Å². The van der Waals surface area contributed by atoms with Gasteiger partial charge in [-0.15, -0.1) is 0 Å². The van der Waals surface area contributed by atoms with Crippen LogP contribution in [0, 0.1) is 11.6 Å². The Morgan fingerprint density at radius 1 is 1.15 bits per heavy atom. The molecule has 3 N–H and O–H groups in total. The summed E-state index contributed by atoms with van der Waals surface area (Å²) in [4.78, 5) is 11.9. The number of halogens is 2. The van der Waals surface area contributed by atoms with Crippen LogP contribution in [0.4, 0.5) is 14.5 Å². The molecule has 3 nitrogen and oxygen atoms in total. The van der Waals surface area contributed by atoms with Crippen LogP contribution >= 0.6 is 0 Å². The lowest BCUT2D eigenvalue weighted by Crippen LogP contribution is -2.37. The van der Waals surface area contributed by atoms with Crippen LogP contribution in [0.3, 0.4) is 0 Å². The molecule has 0 fully saturated rings. The van der Waals surface area contributed by atoms with Crippen LogP contribution in [0.1, 0.15) is 5.56 Å². The van der Waals surface area contributed by atoms with Crippen LogP contribution in [0.2, 0.25) is 0 Å². The van der Waals surface area contributed by atoms with Crippen LogP contribution in [0.25, 0.3) is 0 Å². The van der Waals surface area contributed by atoms with E-state index in [1.165, 1.54) is 0 Å². The Bertz CT molecular complexity index is 602. The summed E-state index contributed by atoms with van der Waals surface area (Å²) in [7, 11) is 0. The van der Waals surface area contributed by atoms with E-state index in [1.807, 2.05) is 30.3 Å². The van der Waals surface area contributed by atoms with Crippen molar-refractivity contribution in [2.45, 2.75) is 12.5 Å². The Kier molecular flexibility index (Phi) is 4.42. The molecule has 0 aromatic heterocycles. The monoisotopic (exact) mass is 276 g/mol. The first-order valence-corrected chi connectivity index (χ1v) is 6.11. The smallest absolute Gasteiger partial charge is 0.241 e. The van der Waals surface area contributed by atoms with Crippen LogP contribution in [-0.2, 0) is 11.2 Å². The minimum atomic E-state index is -0.833. The van der Waals surface area contributed by atoms with Crippen molar-refractivity contribution in [3.05, 3.63) is 65.7 Å². The van der Waals surface area contributed by atoms with Crippen LogP contribution < -0.4 is 11.1 Å². The highest BCUT2D eigenvalue weighted by Gasteiger charge is 2.16. The molecule has 2 aromatic carbocycles. The predicted molar refractivity (Wildman–Crippen MR) is 73.1 cm³/mol. The minimum absolute atomic E-state index is 0.210. The lowest BCUT2D eigenvalue weighted by molar-refractivity contribution is -0.117. The first-order chi connectivity index (χ1) is 9.56. The third-order valence-electron chi connectivity index (χ3n) is 2.82. The molecule has 0 aliphatic rings. The van der Waals surface area contributed by atoms with E-state index in [1.54, 1.807) is 0 Å². The Morgan fingerprint density at radius 2 is 1.85 bits per heavy atom. The maximum absolute atomic E-state index is 13.4. The Morgan fingerprint density at radius 3 is 2.55 bits per heavy atom. The van der Waals surface area contributed by atoms with Gasteiger partial charge in [0.1, 0.15) is 11.6 Å². The fraction of sp³-hybridized carbons (Fsp3) is 0.133. The quantitative estimate of drug-likeness (QED) is 0.901. The van der Waals surface area contributed by atoms with Gasteiger partial charge in [0.15, 0.2) is 0 Å². The number of nitrogens with one attached hydrogen (secondary N) is 1. The fourth-order valence-electron chi connectivity index (χ4n) is 1.78. The zero-order chi connectivity index (χ0) is 14.5. The number of nitrogens with two attached hydrogens (primary N) is 1. The van der Waals surface area contributed by atoms with Crippen molar-refractivity contribution in [1.82, 2.24) is 0 Å². The van der Waals surface area contributed by atoms with Crippen molar-refractivity contribution in [3.8, 4) is 0 Å². The van der Waals surface area contributed by atoms with Gasteiger partial charge >= 0.3 is 0 Å². The Balaban J connectivity index is 2.02. The lowest BCUT2D eigenvalue weighted by atomic mass is 10.1. The summed E-state index contributed by atoms with van der Waals surface area (Å²) < 4.78 is 26.4. The van der Waals surface area contributed by atoms with E-state index in [9.17, 15) is 13.6 Å². The van der Waals surface area contributed by atoms with Crippen molar-refractivity contribution >= 4 is 11.6 Å². The summed E-state index contributed by atoms with van der Waals surface area (Å²) in [5.74, 6) is -1.89. The summed E-state index contributed by atoms with van der Waals surface area (Å²) in [6.07, 6.45) is 0.323. The van der Waals surface area contributed by atoms with Gasteiger partial charge in [-0.3, -0.25) is 4.79 Å². The van der Waals surface area contributed by atoms with E-state index in [4.69, 9.17) is 5.73 Å². The molecule has 1 atom stereocenters. The van der Waals surface area contributed by atoms with Gasteiger partial charge in [0.05, 0.1) is 11.7 Å². The molecular weight excluding hydrogens is 262 g/mol. The number of hydrogen-bond donors (Lipinski definition) is 2. The fourth-order valence-corrected chi connectivity index (χ4v) is 1.78. The summed E-state index contributed by atoms with van der Waals surface area (Å²) in [6, 6.07) is 11.2.